The smallest absolute Gasteiger partial charge is 0.270 e. The number of H-pyrrole nitrogens is 1. The zero-order chi connectivity index (χ0) is 14.7. The van der Waals surface area contributed by atoms with Gasteiger partial charge in [0.25, 0.3) is 5.91 Å². The van der Waals surface area contributed by atoms with Gasteiger partial charge in [-0.15, -0.1) is 0 Å². The number of halogens is 1. The van der Waals surface area contributed by atoms with Crippen molar-refractivity contribution in [1.82, 2.24) is 9.88 Å². The van der Waals surface area contributed by atoms with Gasteiger partial charge < -0.3 is 15.0 Å². The quantitative estimate of drug-likeness (QED) is 0.882. The van der Waals surface area contributed by atoms with Gasteiger partial charge in [-0.2, -0.15) is 0 Å². The van der Waals surface area contributed by atoms with Crippen molar-refractivity contribution in [2.24, 2.45) is 0 Å². The Morgan fingerprint density at radius 2 is 2.10 bits per heavy atom. The zero-order valence-corrected chi connectivity index (χ0v) is 11.7. The molecule has 1 heterocycles. The topological polar surface area (TPSA) is 56.3 Å². The van der Waals surface area contributed by atoms with Crippen LogP contribution in [0, 0.1) is 12.7 Å². The van der Waals surface area contributed by atoms with E-state index in [1.807, 2.05) is 13.8 Å². The Kier molecular flexibility index (Phi) is 4.39. The summed E-state index contributed by atoms with van der Waals surface area (Å²) in [4.78, 5) is 16.9. The highest BCUT2D eigenvalue weighted by atomic mass is 19.1. The van der Waals surface area contributed by atoms with E-state index in [4.69, 9.17) is 5.11 Å². The summed E-state index contributed by atoms with van der Waals surface area (Å²) in [7, 11) is 0. The van der Waals surface area contributed by atoms with E-state index in [1.54, 1.807) is 11.0 Å². The van der Waals surface area contributed by atoms with Crippen molar-refractivity contribution in [2.75, 3.05) is 19.7 Å². The van der Waals surface area contributed by atoms with Gasteiger partial charge in [0.15, 0.2) is 0 Å². The first kappa shape index (κ1) is 14.5. The standard InChI is InChI=1S/C15H19FN2O2/c1-3-4-18(5-6-19)15(20)14-9-12-10(2)7-11(16)8-13(12)17-14/h7-9,17,19H,3-6H2,1-2H3. The molecule has 2 N–H and O–H groups in total. The average Bonchev–Trinajstić information content (AvgIpc) is 2.81. The number of aryl methyl sites for hydroxylation is 1. The molecule has 1 amide bonds. The molecule has 108 valence electrons. The van der Waals surface area contributed by atoms with Crippen molar-refractivity contribution in [3.05, 3.63) is 35.3 Å². The van der Waals surface area contributed by atoms with Gasteiger partial charge in [0.1, 0.15) is 11.5 Å². The molecule has 0 atom stereocenters. The molecule has 0 spiro atoms. The summed E-state index contributed by atoms with van der Waals surface area (Å²) in [6.45, 7) is 4.60. The largest absolute Gasteiger partial charge is 0.395 e. The number of nitrogens with zero attached hydrogens (tertiary/aromatic N) is 1. The van der Waals surface area contributed by atoms with Gasteiger partial charge in [-0.1, -0.05) is 6.92 Å². The van der Waals surface area contributed by atoms with Crippen LogP contribution in [0.3, 0.4) is 0 Å². The molecule has 0 radical (unpaired) electrons. The number of amides is 1. The molecule has 0 aliphatic rings. The van der Waals surface area contributed by atoms with Crippen LogP contribution in [-0.4, -0.2) is 40.6 Å². The molecular weight excluding hydrogens is 259 g/mol. The monoisotopic (exact) mass is 278 g/mol. The van der Waals surface area contributed by atoms with Gasteiger partial charge in [0.2, 0.25) is 0 Å². The van der Waals surface area contributed by atoms with E-state index in [1.165, 1.54) is 12.1 Å². The summed E-state index contributed by atoms with van der Waals surface area (Å²) < 4.78 is 13.4. The summed E-state index contributed by atoms with van der Waals surface area (Å²) in [5, 5.41) is 9.87. The highest BCUT2D eigenvalue weighted by molar-refractivity contribution is 5.98. The van der Waals surface area contributed by atoms with Gasteiger partial charge >= 0.3 is 0 Å². The third-order valence-electron chi connectivity index (χ3n) is 3.29. The molecule has 4 nitrogen and oxygen atoms in total. The Bertz CT molecular complexity index is 616. The van der Waals surface area contributed by atoms with Crippen LogP contribution in [0.25, 0.3) is 10.9 Å². The maximum absolute atomic E-state index is 13.4. The SMILES string of the molecule is CCCN(CCO)C(=O)c1cc2c(C)cc(F)cc2[nH]1. The van der Waals surface area contributed by atoms with E-state index < -0.39 is 0 Å². The van der Waals surface area contributed by atoms with E-state index >= 15 is 0 Å². The minimum atomic E-state index is -0.323. The normalized spacial score (nSPS) is 11.0. The molecule has 0 fully saturated rings. The van der Waals surface area contributed by atoms with Crippen molar-refractivity contribution in [3.8, 4) is 0 Å². The number of fused-ring (bicyclic) bond motifs is 1. The Morgan fingerprint density at radius 3 is 2.75 bits per heavy atom. The second kappa shape index (κ2) is 6.05. The summed E-state index contributed by atoms with van der Waals surface area (Å²) in [5.74, 6) is -0.492. The Morgan fingerprint density at radius 1 is 1.35 bits per heavy atom. The van der Waals surface area contributed by atoms with Crippen molar-refractivity contribution in [2.45, 2.75) is 20.3 Å². The molecule has 1 aromatic heterocycles. The Labute approximate surface area is 117 Å². The molecule has 2 aromatic rings. The number of carbonyl (C=O) groups excluding carboxylic acids is 1. The number of aliphatic hydroxyl groups is 1. The Hall–Kier alpha value is -1.88. The van der Waals surface area contributed by atoms with Crippen LogP contribution in [0.15, 0.2) is 18.2 Å². The zero-order valence-electron chi connectivity index (χ0n) is 11.7. The van der Waals surface area contributed by atoms with E-state index in [0.717, 1.165) is 17.4 Å². The van der Waals surface area contributed by atoms with Gasteiger partial charge in [0, 0.05) is 24.0 Å². The molecule has 0 saturated heterocycles. The second-order valence-electron chi connectivity index (χ2n) is 4.88. The van der Waals surface area contributed by atoms with Crippen molar-refractivity contribution >= 4 is 16.8 Å². The van der Waals surface area contributed by atoms with E-state index in [0.29, 0.717) is 24.3 Å². The molecular formula is C15H19FN2O2. The van der Waals surface area contributed by atoms with Gasteiger partial charge in [-0.3, -0.25) is 4.79 Å². The van der Waals surface area contributed by atoms with Gasteiger partial charge in [-0.25, -0.2) is 4.39 Å². The number of benzene rings is 1. The van der Waals surface area contributed by atoms with Crippen molar-refractivity contribution in [1.29, 1.82) is 0 Å². The fourth-order valence-electron chi connectivity index (χ4n) is 2.37. The molecule has 20 heavy (non-hydrogen) atoms. The summed E-state index contributed by atoms with van der Waals surface area (Å²) >= 11 is 0. The first-order valence-corrected chi connectivity index (χ1v) is 6.75. The molecule has 0 bridgehead atoms. The highest BCUT2D eigenvalue weighted by Gasteiger charge is 2.17. The van der Waals surface area contributed by atoms with Crippen LogP contribution < -0.4 is 0 Å². The molecule has 0 aliphatic carbocycles. The maximum atomic E-state index is 13.4. The third-order valence-corrected chi connectivity index (χ3v) is 3.29. The first-order chi connectivity index (χ1) is 9.56. The van der Waals surface area contributed by atoms with Crippen LogP contribution in [0.4, 0.5) is 4.39 Å². The average molecular weight is 278 g/mol. The minimum Gasteiger partial charge on any atom is -0.395 e. The first-order valence-electron chi connectivity index (χ1n) is 6.75. The van der Waals surface area contributed by atoms with Crippen LogP contribution in [0.1, 0.15) is 29.4 Å². The summed E-state index contributed by atoms with van der Waals surface area (Å²) in [5.41, 5.74) is 1.83. The predicted octanol–water partition coefficient (Wildman–Crippen LogP) is 2.46. The lowest BCUT2D eigenvalue weighted by Crippen LogP contribution is -2.34. The number of hydrogen-bond donors (Lipinski definition) is 2. The number of carbonyl (C=O) groups is 1. The number of nitrogens with one attached hydrogen (secondary N) is 1. The number of hydrogen-bond acceptors (Lipinski definition) is 2. The van der Waals surface area contributed by atoms with Gasteiger partial charge in [0.05, 0.1) is 6.61 Å². The van der Waals surface area contributed by atoms with Crippen LogP contribution in [-0.2, 0) is 0 Å². The van der Waals surface area contributed by atoms with Crippen LogP contribution >= 0.6 is 0 Å². The van der Waals surface area contributed by atoms with E-state index in [-0.39, 0.29) is 18.3 Å². The van der Waals surface area contributed by atoms with E-state index in [9.17, 15) is 9.18 Å². The molecule has 2 rings (SSSR count). The third kappa shape index (κ3) is 2.82. The van der Waals surface area contributed by atoms with Crippen molar-refractivity contribution < 1.29 is 14.3 Å². The van der Waals surface area contributed by atoms with Gasteiger partial charge in [-0.05, 0) is 37.1 Å². The fraction of sp³-hybridized carbons (Fsp3) is 0.400. The second-order valence-corrected chi connectivity index (χ2v) is 4.88. The lowest BCUT2D eigenvalue weighted by molar-refractivity contribution is 0.0717. The molecule has 1 aromatic carbocycles. The lowest BCUT2D eigenvalue weighted by Gasteiger charge is -2.20. The van der Waals surface area contributed by atoms with Crippen molar-refractivity contribution in [3.63, 3.8) is 0 Å². The summed E-state index contributed by atoms with van der Waals surface area (Å²) in [6, 6.07) is 4.57. The highest BCUT2D eigenvalue weighted by Crippen LogP contribution is 2.22. The number of aromatic amines is 1. The summed E-state index contributed by atoms with van der Waals surface area (Å²) in [6.07, 6.45) is 0.819. The number of aliphatic hydroxyl groups excluding tert-OH is 1. The number of aromatic nitrogens is 1. The van der Waals surface area contributed by atoms with E-state index in [2.05, 4.69) is 4.98 Å². The van der Waals surface area contributed by atoms with Crippen LogP contribution in [0.2, 0.25) is 0 Å². The molecule has 5 heteroatoms. The fourth-order valence-corrected chi connectivity index (χ4v) is 2.37. The van der Waals surface area contributed by atoms with Crippen LogP contribution in [0.5, 0.6) is 0 Å². The minimum absolute atomic E-state index is 0.0698. The maximum Gasteiger partial charge on any atom is 0.270 e. The lowest BCUT2D eigenvalue weighted by atomic mass is 10.1. The Balaban J connectivity index is 2.36. The molecule has 0 unspecified atom stereocenters. The molecule has 0 saturated carbocycles. The number of rotatable bonds is 5. The predicted molar refractivity (Wildman–Crippen MR) is 76.3 cm³/mol. The molecule has 0 aliphatic heterocycles.